The van der Waals surface area contributed by atoms with Crippen molar-refractivity contribution in [3.05, 3.63) is 0 Å². The summed E-state index contributed by atoms with van der Waals surface area (Å²) in [4.78, 5) is 0. The average molecular weight is 153 g/mol. The van der Waals surface area contributed by atoms with E-state index in [-0.39, 0.29) is 0 Å². The Hall–Kier alpha value is -0.520. The summed E-state index contributed by atoms with van der Waals surface area (Å²) in [7, 11) is 0. The lowest BCUT2D eigenvalue weighted by Gasteiger charge is -2.21. The van der Waals surface area contributed by atoms with Crippen molar-refractivity contribution in [3.63, 3.8) is 0 Å². The van der Waals surface area contributed by atoms with Gasteiger partial charge in [-0.25, -0.2) is 0 Å². The first kappa shape index (κ1) is 8.58. The molecule has 0 aliphatic carbocycles. The Bertz CT molecular complexity index is 133. The Balaban J connectivity index is 2.01. The van der Waals surface area contributed by atoms with E-state index in [9.17, 15) is 0 Å². The Morgan fingerprint density at radius 1 is 1.64 bits per heavy atom. The SMILES string of the molecule is C#CCOC[C@@H]1CCCNC1. The summed E-state index contributed by atoms with van der Waals surface area (Å²) in [6, 6.07) is 0. The fraction of sp³-hybridized carbons (Fsp3) is 0.778. The molecule has 1 N–H and O–H groups in total. The summed E-state index contributed by atoms with van der Waals surface area (Å²) < 4.78 is 5.25. The molecule has 2 nitrogen and oxygen atoms in total. The molecule has 1 aliphatic heterocycles. The Labute approximate surface area is 68.3 Å². The third-order valence-corrected chi connectivity index (χ3v) is 1.94. The minimum atomic E-state index is 0.455. The normalized spacial score (nSPS) is 24.5. The van der Waals surface area contributed by atoms with Crippen LogP contribution in [0.1, 0.15) is 12.8 Å². The van der Waals surface area contributed by atoms with E-state index in [1.165, 1.54) is 12.8 Å². The first-order valence-electron chi connectivity index (χ1n) is 4.15. The second-order valence-corrected chi connectivity index (χ2v) is 2.93. The minimum absolute atomic E-state index is 0.455. The van der Waals surface area contributed by atoms with Gasteiger partial charge >= 0.3 is 0 Å². The molecule has 1 fully saturated rings. The highest BCUT2D eigenvalue weighted by Gasteiger charge is 2.11. The molecule has 0 unspecified atom stereocenters. The first-order chi connectivity index (χ1) is 5.43. The summed E-state index contributed by atoms with van der Waals surface area (Å²) in [6.07, 6.45) is 7.60. The summed E-state index contributed by atoms with van der Waals surface area (Å²) in [5, 5.41) is 3.33. The minimum Gasteiger partial charge on any atom is -0.368 e. The largest absolute Gasteiger partial charge is 0.368 e. The lowest BCUT2D eigenvalue weighted by atomic mass is 10.0. The summed E-state index contributed by atoms with van der Waals surface area (Å²) in [5.41, 5.74) is 0. The van der Waals surface area contributed by atoms with E-state index >= 15 is 0 Å². The van der Waals surface area contributed by atoms with Crippen LogP contribution in [0.2, 0.25) is 0 Å². The molecule has 0 aromatic carbocycles. The summed E-state index contributed by atoms with van der Waals surface area (Å²) in [6.45, 7) is 3.52. The highest BCUT2D eigenvalue weighted by molar-refractivity contribution is 4.83. The number of terminal acetylenes is 1. The molecule has 0 bridgehead atoms. The molecule has 1 saturated heterocycles. The predicted molar refractivity (Wildman–Crippen MR) is 45.2 cm³/mol. The van der Waals surface area contributed by atoms with Gasteiger partial charge in [-0.15, -0.1) is 6.42 Å². The standard InChI is InChI=1S/C9H15NO/c1-2-6-11-8-9-4-3-5-10-7-9/h1,9-10H,3-8H2/t9-/m1/s1. The lowest BCUT2D eigenvalue weighted by Crippen LogP contribution is -2.32. The van der Waals surface area contributed by atoms with Crippen LogP contribution in [-0.2, 0) is 4.74 Å². The quantitative estimate of drug-likeness (QED) is 0.474. The fourth-order valence-corrected chi connectivity index (χ4v) is 1.35. The molecule has 0 spiro atoms. The van der Waals surface area contributed by atoms with E-state index in [0.717, 1.165) is 19.7 Å². The van der Waals surface area contributed by atoms with Crippen molar-refractivity contribution in [1.29, 1.82) is 0 Å². The maximum absolute atomic E-state index is 5.25. The molecule has 1 heterocycles. The molecule has 1 aliphatic rings. The van der Waals surface area contributed by atoms with Crippen LogP contribution in [0, 0.1) is 18.3 Å². The first-order valence-corrected chi connectivity index (χ1v) is 4.15. The third-order valence-electron chi connectivity index (χ3n) is 1.94. The van der Waals surface area contributed by atoms with E-state index < -0.39 is 0 Å². The van der Waals surface area contributed by atoms with Crippen molar-refractivity contribution >= 4 is 0 Å². The van der Waals surface area contributed by atoms with Gasteiger partial charge in [-0.1, -0.05) is 5.92 Å². The van der Waals surface area contributed by atoms with E-state index in [4.69, 9.17) is 11.2 Å². The van der Waals surface area contributed by atoms with Crippen LogP contribution in [0.25, 0.3) is 0 Å². The zero-order chi connectivity index (χ0) is 7.94. The molecule has 0 aromatic rings. The average Bonchev–Trinajstić information content (AvgIpc) is 2.07. The zero-order valence-corrected chi connectivity index (χ0v) is 6.81. The predicted octanol–water partition coefficient (Wildman–Crippen LogP) is 0.636. The second kappa shape index (κ2) is 5.17. The van der Waals surface area contributed by atoms with Crippen LogP contribution in [0.3, 0.4) is 0 Å². The molecule has 0 saturated carbocycles. The Morgan fingerprint density at radius 3 is 3.18 bits per heavy atom. The number of hydrogen-bond donors (Lipinski definition) is 1. The monoisotopic (exact) mass is 153 g/mol. The van der Waals surface area contributed by atoms with Crippen LogP contribution in [0.4, 0.5) is 0 Å². The number of hydrogen-bond acceptors (Lipinski definition) is 2. The number of rotatable bonds is 3. The van der Waals surface area contributed by atoms with Crippen LogP contribution in [0.15, 0.2) is 0 Å². The van der Waals surface area contributed by atoms with Gasteiger partial charge in [-0.3, -0.25) is 0 Å². The molecule has 0 radical (unpaired) electrons. The van der Waals surface area contributed by atoms with E-state index in [1.807, 2.05) is 0 Å². The molecule has 2 heteroatoms. The van der Waals surface area contributed by atoms with Crippen molar-refractivity contribution in [2.75, 3.05) is 26.3 Å². The zero-order valence-electron chi connectivity index (χ0n) is 6.81. The van der Waals surface area contributed by atoms with Gasteiger partial charge < -0.3 is 10.1 Å². The topological polar surface area (TPSA) is 21.3 Å². The maximum atomic E-state index is 5.25. The van der Waals surface area contributed by atoms with Gasteiger partial charge in [0.05, 0.1) is 6.61 Å². The summed E-state index contributed by atoms with van der Waals surface area (Å²) >= 11 is 0. The van der Waals surface area contributed by atoms with Gasteiger partial charge in [0.2, 0.25) is 0 Å². The van der Waals surface area contributed by atoms with Gasteiger partial charge in [0.1, 0.15) is 6.61 Å². The Kier molecular flexibility index (Phi) is 4.03. The summed E-state index contributed by atoms with van der Waals surface area (Å²) in [5.74, 6) is 3.14. The molecule has 0 amide bonds. The fourth-order valence-electron chi connectivity index (χ4n) is 1.35. The van der Waals surface area contributed by atoms with Gasteiger partial charge in [0.25, 0.3) is 0 Å². The maximum Gasteiger partial charge on any atom is 0.107 e. The molecular weight excluding hydrogens is 138 g/mol. The van der Waals surface area contributed by atoms with Gasteiger partial charge in [0, 0.05) is 6.54 Å². The van der Waals surface area contributed by atoms with E-state index in [1.54, 1.807) is 0 Å². The van der Waals surface area contributed by atoms with Gasteiger partial charge in [-0.2, -0.15) is 0 Å². The molecule has 11 heavy (non-hydrogen) atoms. The van der Waals surface area contributed by atoms with Gasteiger partial charge in [-0.05, 0) is 25.3 Å². The molecule has 62 valence electrons. The van der Waals surface area contributed by atoms with Crippen molar-refractivity contribution < 1.29 is 4.74 Å². The van der Waals surface area contributed by atoms with Crippen molar-refractivity contribution in [1.82, 2.24) is 5.32 Å². The Morgan fingerprint density at radius 2 is 2.55 bits per heavy atom. The number of piperidine rings is 1. The van der Waals surface area contributed by atoms with Crippen LogP contribution in [0.5, 0.6) is 0 Å². The van der Waals surface area contributed by atoms with E-state index in [0.29, 0.717) is 12.5 Å². The highest BCUT2D eigenvalue weighted by atomic mass is 16.5. The third kappa shape index (κ3) is 3.41. The number of nitrogens with one attached hydrogen (secondary N) is 1. The van der Waals surface area contributed by atoms with Gasteiger partial charge in [0.15, 0.2) is 0 Å². The second-order valence-electron chi connectivity index (χ2n) is 2.93. The van der Waals surface area contributed by atoms with Crippen LogP contribution in [-0.4, -0.2) is 26.3 Å². The molecule has 1 rings (SSSR count). The van der Waals surface area contributed by atoms with Crippen molar-refractivity contribution in [2.45, 2.75) is 12.8 Å². The smallest absolute Gasteiger partial charge is 0.107 e. The van der Waals surface area contributed by atoms with E-state index in [2.05, 4.69) is 11.2 Å². The lowest BCUT2D eigenvalue weighted by molar-refractivity contribution is 0.114. The molecular formula is C9H15NO. The van der Waals surface area contributed by atoms with Crippen LogP contribution >= 0.6 is 0 Å². The van der Waals surface area contributed by atoms with Crippen molar-refractivity contribution in [2.24, 2.45) is 5.92 Å². The molecule has 1 atom stereocenters. The molecule has 0 aromatic heterocycles. The van der Waals surface area contributed by atoms with Crippen molar-refractivity contribution in [3.8, 4) is 12.3 Å². The van der Waals surface area contributed by atoms with Crippen LogP contribution < -0.4 is 5.32 Å². The number of ether oxygens (including phenoxy) is 1. The highest BCUT2D eigenvalue weighted by Crippen LogP contribution is 2.09.